The standard InChI is InChI=1S/C14H19BrO2/c1-16-13-6-3-7-14(9-13)17-10-11-4-2-5-12(15)8-11/h2,4-5,8,13-14H,3,6-7,9-10H2,1H3. The van der Waals surface area contributed by atoms with E-state index >= 15 is 0 Å². The van der Waals surface area contributed by atoms with Gasteiger partial charge in [-0.25, -0.2) is 0 Å². The van der Waals surface area contributed by atoms with Crippen LogP contribution in [0.5, 0.6) is 0 Å². The lowest BCUT2D eigenvalue weighted by atomic mass is 9.95. The molecular weight excluding hydrogens is 280 g/mol. The van der Waals surface area contributed by atoms with E-state index < -0.39 is 0 Å². The van der Waals surface area contributed by atoms with E-state index in [9.17, 15) is 0 Å². The summed E-state index contributed by atoms with van der Waals surface area (Å²) >= 11 is 3.47. The fourth-order valence-electron chi connectivity index (χ4n) is 2.31. The molecular formula is C14H19BrO2. The Kier molecular flexibility index (Phi) is 5.01. The molecule has 0 saturated heterocycles. The van der Waals surface area contributed by atoms with Gasteiger partial charge in [-0.05, 0) is 43.4 Å². The van der Waals surface area contributed by atoms with Crippen molar-refractivity contribution in [2.75, 3.05) is 7.11 Å². The average molecular weight is 299 g/mol. The average Bonchev–Trinajstić information content (AvgIpc) is 2.37. The molecule has 0 radical (unpaired) electrons. The highest BCUT2D eigenvalue weighted by Crippen LogP contribution is 2.24. The Bertz CT molecular complexity index is 354. The molecule has 2 atom stereocenters. The third kappa shape index (κ3) is 4.09. The third-order valence-corrected chi connectivity index (χ3v) is 3.78. The molecule has 0 N–H and O–H groups in total. The van der Waals surface area contributed by atoms with Crippen molar-refractivity contribution in [1.82, 2.24) is 0 Å². The van der Waals surface area contributed by atoms with Crippen molar-refractivity contribution in [2.45, 2.75) is 44.5 Å². The van der Waals surface area contributed by atoms with E-state index in [1.54, 1.807) is 7.11 Å². The molecule has 1 fully saturated rings. The van der Waals surface area contributed by atoms with Crippen LogP contribution in [0.25, 0.3) is 0 Å². The Morgan fingerprint density at radius 1 is 1.29 bits per heavy atom. The van der Waals surface area contributed by atoms with Gasteiger partial charge in [0.15, 0.2) is 0 Å². The van der Waals surface area contributed by atoms with Gasteiger partial charge in [0, 0.05) is 11.6 Å². The molecule has 1 aliphatic carbocycles. The van der Waals surface area contributed by atoms with Crippen LogP contribution in [0.15, 0.2) is 28.7 Å². The predicted molar refractivity (Wildman–Crippen MR) is 72.0 cm³/mol. The van der Waals surface area contributed by atoms with Crippen LogP contribution in [0, 0.1) is 0 Å². The van der Waals surface area contributed by atoms with Gasteiger partial charge in [0.05, 0.1) is 18.8 Å². The molecule has 2 nitrogen and oxygen atoms in total. The van der Waals surface area contributed by atoms with E-state index in [1.165, 1.54) is 18.4 Å². The number of halogens is 1. The van der Waals surface area contributed by atoms with Crippen molar-refractivity contribution in [2.24, 2.45) is 0 Å². The molecule has 1 saturated carbocycles. The van der Waals surface area contributed by atoms with Crippen molar-refractivity contribution >= 4 is 15.9 Å². The maximum Gasteiger partial charge on any atom is 0.0721 e. The number of rotatable bonds is 4. The second-order valence-electron chi connectivity index (χ2n) is 4.59. The lowest BCUT2D eigenvalue weighted by Gasteiger charge is -2.28. The SMILES string of the molecule is COC1CCCC(OCc2cccc(Br)c2)C1. The van der Waals surface area contributed by atoms with Crippen LogP contribution in [0.1, 0.15) is 31.2 Å². The van der Waals surface area contributed by atoms with E-state index in [0.29, 0.717) is 18.8 Å². The molecule has 0 bridgehead atoms. The second-order valence-corrected chi connectivity index (χ2v) is 5.50. The molecule has 1 aromatic rings. The first-order chi connectivity index (χ1) is 8.28. The zero-order valence-electron chi connectivity index (χ0n) is 10.2. The van der Waals surface area contributed by atoms with Gasteiger partial charge < -0.3 is 9.47 Å². The van der Waals surface area contributed by atoms with E-state index in [4.69, 9.17) is 9.47 Å². The molecule has 0 amide bonds. The zero-order valence-corrected chi connectivity index (χ0v) is 11.8. The molecule has 0 spiro atoms. The molecule has 2 unspecified atom stereocenters. The first-order valence-corrected chi connectivity index (χ1v) is 6.96. The molecule has 1 aliphatic rings. The number of benzene rings is 1. The number of hydrogen-bond donors (Lipinski definition) is 0. The minimum atomic E-state index is 0.354. The summed E-state index contributed by atoms with van der Waals surface area (Å²) in [6.45, 7) is 0.695. The summed E-state index contributed by atoms with van der Waals surface area (Å²) in [5.41, 5.74) is 1.22. The van der Waals surface area contributed by atoms with Gasteiger partial charge in [-0.15, -0.1) is 0 Å². The first kappa shape index (κ1) is 13.1. The number of methoxy groups -OCH3 is 1. The summed E-state index contributed by atoms with van der Waals surface area (Å²) in [6.07, 6.45) is 5.32. The van der Waals surface area contributed by atoms with Gasteiger partial charge in [-0.1, -0.05) is 28.1 Å². The Hall–Kier alpha value is -0.380. The smallest absolute Gasteiger partial charge is 0.0721 e. The fourth-order valence-corrected chi connectivity index (χ4v) is 2.76. The summed E-state index contributed by atoms with van der Waals surface area (Å²) in [7, 11) is 1.79. The molecule has 0 heterocycles. The van der Waals surface area contributed by atoms with Gasteiger partial charge in [-0.3, -0.25) is 0 Å². The maximum absolute atomic E-state index is 5.96. The number of hydrogen-bond acceptors (Lipinski definition) is 2. The monoisotopic (exact) mass is 298 g/mol. The van der Waals surface area contributed by atoms with Crippen LogP contribution in [-0.4, -0.2) is 19.3 Å². The van der Waals surface area contributed by atoms with Gasteiger partial charge >= 0.3 is 0 Å². The lowest BCUT2D eigenvalue weighted by Crippen LogP contribution is -2.27. The first-order valence-electron chi connectivity index (χ1n) is 6.17. The van der Waals surface area contributed by atoms with Crippen molar-refractivity contribution in [3.8, 4) is 0 Å². The normalized spacial score (nSPS) is 24.8. The molecule has 94 valence electrons. The Morgan fingerprint density at radius 2 is 2.12 bits per heavy atom. The molecule has 2 rings (SSSR count). The Morgan fingerprint density at radius 3 is 2.88 bits per heavy atom. The molecule has 1 aromatic carbocycles. The Labute approximate surface area is 111 Å². The highest BCUT2D eigenvalue weighted by molar-refractivity contribution is 9.10. The summed E-state index contributed by atoms with van der Waals surface area (Å²) in [5, 5.41) is 0. The van der Waals surface area contributed by atoms with E-state index in [0.717, 1.165) is 17.3 Å². The van der Waals surface area contributed by atoms with Gasteiger partial charge in [-0.2, -0.15) is 0 Å². The van der Waals surface area contributed by atoms with Crippen LogP contribution in [0.4, 0.5) is 0 Å². The van der Waals surface area contributed by atoms with Crippen molar-refractivity contribution in [3.63, 3.8) is 0 Å². The predicted octanol–water partition coefficient (Wildman–Crippen LogP) is 3.92. The highest BCUT2D eigenvalue weighted by atomic mass is 79.9. The van der Waals surface area contributed by atoms with Crippen LogP contribution >= 0.6 is 15.9 Å². The summed E-state index contributed by atoms with van der Waals surface area (Å²) < 4.78 is 12.5. The topological polar surface area (TPSA) is 18.5 Å². The van der Waals surface area contributed by atoms with Crippen molar-refractivity contribution < 1.29 is 9.47 Å². The van der Waals surface area contributed by atoms with E-state index in [-0.39, 0.29) is 0 Å². The summed E-state index contributed by atoms with van der Waals surface area (Å²) in [6, 6.07) is 8.28. The molecule has 17 heavy (non-hydrogen) atoms. The van der Waals surface area contributed by atoms with Crippen LogP contribution < -0.4 is 0 Å². The van der Waals surface area contributed by atoms with Gasteiger partial charge in [0.25, 0.3) is 0 Å². The second kappa shape index (κ2) is 6.53. The lowest BCUT2D eigenvalue weighted by molar-refractivity contribution is -0.0363. The number of ether oxygens (including phenoxy) is 2. The van der Waals surface area contributed by atoms with Gasteiger partial charge in [0.2, 0.25) is 0 Å². The highest BCUT2D eigenvalue weighted by Gasteiger charge is 2.21. The third-order valence-electron chi connectivity index (χ3n) is 3.29. The summed E-state index contributed by atoms with van der Waals surface area (Å²) in [5.74, 6) is 0. The van der Waals surface area contributed by atoms with Crippen LogP contribution in [0.2, 0.25) is 0 Å². The molecule has 3 heteroatoms. The quantitative estimate of drug-likeness (QED) is 0.839. The zero-order chi connectivity index (χ0) is 12.1. The van der Waals surface area contributed by atoms with Crippen molar-refractivity contribution in [3.05, 3.63) is 34.3 Å². The minimum absolute atomic E-state index is 0.354. The maximum atomic E-state index is 5.96. The fraction of sp³-hybridized carbons (Fsp3) is 0.571. The van der Waals surface area contributed by atoms with Crippen molar-refractivity contribution in [1.29, 1.82) is 0 Å². The van der Waals surface area contributed by atoms with Crippen LogP contribution in [-0.2, 0) is 16.1 Å². The Balaban J connectivity index is 1.81. The largest absolute Gasteiger partial charge is 0.381 e. The van der Waals surface area contributed by atoms with E-state index in [2.05, 4.69) is 28.1 Å². The van der Waals surface area contributed by atoms with Gasteiger partial charge in [0.1, 0.15) is 0 Å². The molecule has 0 aliphatic heterocycles. The molecule has 0 aromatic heterocycles. The van der Waals surface area contributed by atoms with Crippen LogP contribution in [0.3, 0.4) is 0 Å². The minimum Gasteiger partial charge on any atom is -0.381 e. The summed E-state index contributed by atoms with van der Waals surface area (Å²) in [4.78, 5) is 0. The van der Waals surface area contributed by atoms with E-state index in [1.807, 2.05) is 12.1 Å².